The molecule has 0 aliphatic carbocycles. The summed E-state index contributed by atoms with van der Waals surface area (Å²) in [6, 6.07) is 17.4. The number of quaternary nitrogens is 1. The third kappa shape index (κ3) is 6.21. The maximum absolute atomic E-state index is 13.9. The molecule has 12 nitrogen and oxygen atoms in total. The Labute approximate surface area is 231 Å². The summed E-state index contributed by atoms with van der Waals surface area (Å²) in [7, 11) is 0. The van der Waals surface area contributed by atoms with E-state index >= 15 is 0 Å². The number of guanidine groups is 1. The van der Waals surface area contributed by atoms with E-state index in [-0.39, 0.29) is 36.8 Å². The predicted molar refractivity (Wildman–Crippen MR) is 153 cm³/mol. The Bertz CT molecular complexity index is 1410. The van der Waals surface area contributed by atoms with Gasteiger partial charge in [0.05, 0.1) is 11.6 Å². The molecule has 10 N–H and O–H groups in total. The number of nitrogens with two attached hydrogens (primary N) is 5. The number of fused-ring (bicyclic) bond motifs is 1. The lowest BCUT2D eigenvalue weighted by Gasteiger charge is -2.30. The minimum Gasteiger partial charge on any atom is -0.414 e. The molecule has 0 unspecified atom stereocenters. The molecule has 3 rings (SSSR count). The highest BCUT2D eigenvalue weighted by atomic mass is 16.6. The summed E-state index contributed by atoms with van der Waals surface area (Å²) in [5.41, 5.74) is 28.8. The molecule has 0 aromatic heterocycles. The molecule has 12 heteroatoms. The molecule has 0 bridgehead atoms. The molecular weight excluding hydrogens is 514 g/mol. The Morgan fingerprint density at radius 3 is 2.10 bits per heavy atom. The minimum absolute atomic E-state index is 0.0762. The van der Waals surface area contributed by atoms with Gasteiger partial charge < -0.3 is 33.4 Å². The Balaban J connectivity index is 2.20. The quantitative estimate of drug-likeness (QED) is 0.0752. The van der Waals surface area contributed by atoms with Crippen molar-refractivity contribution in [3.8, 4) is 0 Å². The average Bonchev–Trinajstić information content (AvgIpc) is 2.97. The number of nitrogens with zero attached hydrogens (tertiary/aromatic N) is 2. The van der Waals surface area contributed by atoms with Crippen LogP contribution >= 0.6 is 0 Å². The molecule has 3 amide bonds. The smallest absolute Gasteiger partial charge is 0.414 e. The summed E-state index contributed by atoms with van der Waals surface area (Å²) >= 11 is 0. The predicted octanol–water partition coefficient (Wildman–Crippen LogP) is 1.02. The van der Waals surface area contributed by atoms with Gasteiger partial charge in [-0.15, -0.1) is 0 Å². The average molecular weight is 549 g/mol. The van der Waals surface area contributed by atoms with Crippen molar-refractivity contribution in [3.63, 3.8) is 0 Å². The minimum atomic E-state index is -1.63. The molecule has 0 radical (unpaired) electrons. The Morgan fingerprint density at radius 2 is 1.48 bits per heavy atom. The van der Waals surface area contributed by atoms with Crippen LogP contribution in [0.15, 0.2) is 71.7 Å². The summed E-state index contributed by atoms with van der Waals surface area (Å²) in [5, 5.41) is 1.01. The number of rotatable bonds is 11. The SMILES string of the molecule is NCC(=O)[N+](C(=O)CN)(C(=O)OCc1ccccc1)c1ccc2ccccc2c1C(=O)[C@@H](N)CCCN=C(N)N. The highest BCUT2D eigenvalue weighted by molar-refractivity contribution is 6.28. The first kappa shape index (κ1) is 30.1. The molecule has 3 aromatic carbocycles. The normalized spacial score (nSPS) is 12.0. The van der Waals surface area contributed by atoms with Crippen LogP contribution in [0.5, 0.6) is 0 Å². The first-order chi connectivity index (χ1) is 19.2. The summed E-state index contributed by atoms with van der Waals surface area (Å²) in [4.78, 5) is 58.7. The highest BCUT2D eigenvalue weighted by Crippen LogP contribution is 2.36. The van der Waals surface area contributed by atoms with Gasteiger partial charge in [0.2, 0.25) is 0 Å². The van der Waals surface area contributed by atoms with Gasteiger partial charge in [-0.1, -0.05) is 59.1 Å². The van der Waals surface area contributed by atoms with Crippen LogP contribution in [0, 0.1) is 0 Å². The molecule has 3 aromatic rings. The Morgan fingerprint density at radius 1 is 0.850 bits per heavy atom. The second-order valence-corrected chi connectivity index (χ2v) is 9.01. The Hall–Kier alpha value is -4.49. The van der Waals surface area contributed by atoms with Gasteiger partial charge in [0.15, 0.2) is 17.4 Å². The van der Waals surface area contributed by atoms with Gasteiger partial charge in [0.25, 0.3) is 0 Å². The number of carbonyl (C=O) groups is 4. The van der Waals surface area contributed by atoms with Crippen LogP contribution in [0.25, 0.3) is 10.8 Å². The maximum atomic E-state index is 13.9. The lowest BCUT2D eigenvalue weighted by molar-refractivity contribution is -0.140. The first-order valence-electron chi connectivity index (χ1n) is 12.6. The van der Waals surface area contributed by atoms with Crippen molar-refractivity contribution in [2.24, 2.45) is 33.7 Å². The topological polar surface area (TPSA) is 220 Å². The number of carbonyl (C=O) groups excluding carboxylic acids is 4. The van der Waals surface area contributed by atoms with Crippen LogP contribution in [0.3, 0.4) is 0 Å². The van der Waals surface area contributed by atoms with Crippen LogP contribution in [0.4, 0.5) is 10.5 Å². The first-order valence-corrected chi connectivity index (χ1v) is 12.6. The fourth-order valence-corrected chi connectivity index (χ4v) is 4.43. The molecule has 0 aliphatic heterocycles. The largest absolute Gasteiger partial charge is 0.537 e. The lowest BCUT2D eigenvalue weighted by Crippen LogP contribution is -2.66. The zero-order chi connectivity index (χ0) is 29.3. The van der Waals surface area contributed by atoms with Crippen molar-refractivity contribution < 1.29 is 23.9 Å². The van der Waals surface area contributed by atoms with E-state index in [4.69, 9.17) is 33.4 Å². The summed E-state index contributed by atoms with van der Waals surface area (Å²) in [6.07, 6.45) is -0.666. The number of amides is 3. The van der Waals surface area contributed by atoms with Crippen LogP contribution in [0.1, 0.15) is 28.8 Å². The summed E-state index contributed by atoms with van der Waals surface area (Å²) in [5.74, 6) is -2.71. The van der Waals surface area contributed by atoms with Gasteiger partial charge in [-0.05, 0) is 35.2 Å². The molecular formula is C28H34N7O5+. The molecule has 210 valence electrons. The number of ether oxygens (including phenoxy) is 1. The fraction of sp³-hybridized carbons (Fsp3) is 0.250. The molecule has 0 heterocycles. The van der Waals surface area contributed by atoms with Gasteiger partial charge in [-0.3, -0.25) is 9.79 Å². The molecule has 0 saturated heterocycles. The summed E-state index contributed by atoms with van der Waals surface area (Å²) < 4.78 is 3.87. The van der Waals surface area contributed by atoms with E-state index in [0.29, 0.717) is 22.8 Å². The van der Waals surface area contributed by atoms with Crippen LogP contribution in [-0.2, 0) is 20.9 Å². The number of imide groups is 3. The highest BCUT2D eigenvalue weighted by Gasteiger charge is 2.56. The molecule has 0 spiro atoms. The van der Waals surface area contributed by atoms with Crippen LogP contribution < -0.4 is 33.2 Å². The van der Waals surface area contributed by atoms with Gasteiger partial charge in [-0.2, -0.15) is 4.79 Å². The van der Waals surface area contributed by atoms with E-state index in [1.54, 1.807) is 60.7 Å². The number of ketones is 1. The van der Waals surface area contributed by atoms with E-state index in [1.807, 2.05) is 0 Å². The molecule has 0 fully saturated rings. The second kappa shape index (κ2) is 13.5. The third-order valence-corrected chi connectivity index (χ3v) is 6.40. The number of aliphatic imine (C=N–C) groups is 1. The Kier molecular flexibility index (Phi) is 10.2. The maximum Gasteiger partial charge on any atom is 0.537 e. The van der Waals surface area contributed by atoms with Crippen molar-refractivity contribution in [3.05, 3.63) is 77.9 Å². The van der Waals surface area contributed by atoms with Gasteiger partial charge >= 0.3 is 17.9 Å². The van der Waals surface area contributed by atoms with E-state index in [9.17, 15) is 19.2 Å². The number of hydrogen-bond donors (Lipinski definition) is 5. The van der Waals surface area contributed by atoms with E-state index in [0.717, 1.165) is 0 Å². The summed E-state index contributed by atoms with van der Waals surface area (Å²) in [6.45, 7) is -1.42. The van der Waals surface area contributed by atoms with Crippen LogP contribution in [0.2, 0.25) is 0 Å². The molecule has 40 heavy (non-hydrogen) atoms. The van der Waals surface area contributed by atoms with Crippen LogP contribution in [-0.4, -0.2) is 55.3 Å². The standard InChI is InChI=1S/C28H34N7O5/c29-15-23(36)35(24(37)16-30,28(39)40-17-18-7-2-1-3-8-18)22-13-12-19-9-4-5-10-20(19)25(22)26(38)21(31)11-6-14-34-27(32)33/h1-5,7-10,12-13,21H,6,11,14-17,29-31H2,(H4,32,33,34)/q+1/t21-/m0/s1. The number of benzene rings is 3. The second-order valence-electron chi connectivity index (χ2n) is 9.01. The zero-order valence-electron chi connectivity index (χ0n) is 22.0. The monoisotopic (exact) mass is 548 g/mol. The third-order valence-electron chi connectivity index (χ3n) is 6.40. The molecule has 0 saturated carbocycles. The van der Waals surface area contributed by atoms with Gasteiger partial charge in [0, 0.05) is 12.6 Å². The van der Waals surface area contributed by atoms with Crippen molar-refractivity contribution >= 4 is 46.1 Å². The van der Waals surface area contributed by atoms with E-state index in [1.165, 1.54) is 6.07 Å². The van der Waals surface area contributed by atoms with E-state index < -0.39 is 47.3 Å². The van der Waals surface area contributed by atoms with E-state index in [2.05, 4.69) is 4.99 Å². The molecule has 0 aliphatic rings. The van der Waals surface area contributed by atoms with Crippen molar-refractivity contribution in [1.29, 1.82) is 0 Å². The van der Waals surface area contributed by atoms with Gasteiger partial charge in [-0.25, -0.2) is 9.59 Å². The fourth-order valence-electron chi connectivity index (χ4n) is 4.43. The van der Waals surface area contributed by atoms with Crippen molar-refractivity contribution in [2.75, 3.05) is 19.6 Å². The van der Waals surface area contributed by atoms with Gasteiger partial charge in [0.1, 0.15) is 19.7 Å². The lowest BCUT2D eigenvalue weighted by atomic mass is 9.92. The van der Waals surface area contributed by atoms with Crippen molar-refractivity contribution in [1.82, 2.24) is 4.48 Å². The number of Topliss-reactive ketones (excluding diaryl/α,β-unsaturated/α-hetero) is 1. The zero-order valence-corrected chi connectivity index (χ0v) is 22.0. The van der Waals surface area contributed by atoms with Crippen molar-refractivity contribution in [2.45, 2.75) is 25.5 Å². The number of hydrogen-bond acceptors (Lipinski definition) is 9. The molecule has 1 atom stereocenters.